The van der Waals surface area contributed by atoms with Crippen LogP contribution in [0.1, 0.15) is 24.4 Å². The highest BCUT2D eigenvalue weighted by atomic mass is 79.9. The zero-order valence-corrected chi connectivity index (χ0v) is 21.9. The fourth-order valence-electron chi connectivity index (χ4n) is 4.16. The number of carbonyl (C=O) groups is 1. The Hall–Kier alpha value is -3.49. The molecule has 36 heavy (non-hydrogen) atoms. The molecule has 4 rings (SSSR count). The summed E-state index contributed by atoms with van der Waals surface area (Å²) in [4.78, 5) is 33.6. The number of amides is 2. The van der Waals surface area contributed by atoms with Crippen molar-refractivity contribution in [2.75, 3.05) is 25.6 Å². The summed E-state index contributed by atoms with van der Waals surface area (Å²) in [5, 5.41) is 3.55. The maximum Gasteiger partial charge on any atom is 0.322 e. The maximum atomic E-state index is 13.6. The number of urea groups is 1. The number of ether oxygens (including phenoxy) is 1. The second-order valence-electron chi connectivity index (χ2n) is 8.45. The summed E-state index contributed by atoms with van der Waals surface area (Å²) < 4.78 is 7.68. The molecule has 0 aliphatic carbocycles. The molecular formula is C28H29BrN4O3. The van der Waals surface area contributed by atoms with E-state index in [2.05, 4.69) is 21.2 Å². The van der Waals surface area contributed by atoms with Gasteiger partial charge < -0.3 is 15.0 Å². The van der Waals surface area contributed by atoms with Crippen LogP contribution in [-0.4, -0.2) is 40.7 Å². The first-order valence-corrected chi connectivity index (χ1v) is 12.6. The first-order chi connectivity index (χ1) is 17.5. The van der Waals surface area contributed by atoms with Gasteiger partial charge in [0, 0.05) is 18.1 Å². The maximum absolute atomic E-state index is 13.6. The van der Waals surface area contributed by atoms with E-state index in [-0.39, 0.29) is 11.6 Å². The fourth-order valence-corrected chi connectivity index (χ4v) is 4.54. The molecule has 0 bridgehead atoms. The Bertz CT molecular complexity index is 1390. The summed E-state index contributed by atoms with van der Waals surface area (Å²) in [6.45, 7) is 3.04. The van der Waals surface area contributed by atoms with E-state index < -0.39 is 6.04 Å². The molecule has 3 aromatic carbocycles. The van der Waals surface area contributed by atoms with Crippen molar-refractivity contribution >= 4 is 38.6 Å². The molecule has 2 amide bonds. The first kappa shape index (κ1) is 25.6. The molecule has 0 saturated carbocycles. The molecule has 4 aromatic rings. The lowest BCUT2D eigenvalue weighted by molar-refractivity contribution is 0.175. The predicted molar refractivity (Wildman–Crippen MR) is 146 cm³/mol. The molecule has 186 valence electrons. The molecule has 0 spiro atoms. The molecule has 0 aliphatic heterocycles. The van der Waals surface area contributed by atoms with Gasteiger partial charge in [-0.1, -0.05) is 54.6 Å². The van der Waals surface area contributed by atoms with Crippen LogP contribution in [0.15, 0.2) is 88.1 Å². The summed E-state index contributed by atoms with van der Waals surface area (Å²) >= 11 is 3.50. The van der Waals surface area contributed by atoms with Crippen molar-refractivity contribution in [2.24, 2.45) is 0 Å². The molecule has 0 radical (unpaired) electrons. The van der Waals surface area contributed by atoms with Gasteiger partial charge in [-0.05, 0) is 59.1 Å². The van der Waals surface area contributed by atoms with Gasteiger partial charge in [-0.3, -0.25) is 9.36 Å². The van der Waals surface area contributed by atoms with E-state index in [4.69, 9.17) is 9.72 Å². The minimum atomic E-state index is -0.481. The lowest BCUT2D eigenvalue weighted by atomic mass is 10.1. The highest BCUT2D eigenvalue weighted by molar-refractivity contribution is 9.10. The van der Waals surface area contributed by atoms with E-state index in [1.165, 1.54) is 0 Å². The van der Waals surface area contributed by atoms with Gasteiger partial charge in [-0.25, -0.2) is 9.78 Å². The summed E-state index contributed by atoms with van der Waals surface area (Å²) in [6, 6.07) is 24.0. The Morgan fingerprint density at radius 3 is 2.50 bits per heavy atom. The van der Waals surface area contributed by atoms with Crippen LogP contribution in [-0.2, 0) is 17.7 Å². The third-order valence-corrected chi connectivity index (χ3v) is 6.80. The number of halogens is 1. The molecule has 0 aliphatic rings. The number of fused-ring (bicyclic) bond motifs is 1. The van der Waals surface area contributed by atoms with Crippen LogP contribution >= 0.6 is 15.9 Å². The number of nitrogens with one attached hydrogen (secondary N) is 1. The Balaban J connectivity index is 1.74. The van der Waals surface area contributed by atoms with E-state index in [9.17, 15) is 9.59 Å². The lowest BCUT2D eigenvalue weighted by Crippen LogP contribution is -2.41. The van der Waals surface area contributed by atoms with Gasteiger partial charge in [-0.2, -0.15) is 0 Å². The van der Waals surface area contributed by atoms with Crippen molar-refractivity contribution in [1.82, 2.24) is 14.5 Å². The highest BCUT2D eigenvalue weighted by Crippen LogP contribution is 2.25. The van der Waals surface area contributed by atoms with E-state index in [1.807, 2.05) is 79.7 Å². The molecule has 0 fully saturated rings. The second kappa shape index (κ2) is 12.0. The number of hydrogen-bond donors (Lipinski definition) is 1. The van der Waals surface area contributed by atoms with Crippen LogP contribution in [0, 0.1) is 0 Å². The Morgan fingerprint density at radius 1 is 1.06 bits per heavy atom. The number of para-hydroxylation sites is 2. The highest BCUT2D eigenvalue weighted by Gasteiger charge is 2.26. The first-order valence-electron chi connectivity index (χ1n) is 11.8. The van der Waals surface area contributed by atoms with Gasteiger partial charge in [0.1, 0.15) is 5.82 Å². The van der Waals surface area contributed by atoms with Crippen molar-refractivity contribution in [1.29, 1.82) is 0 Å². The largest absolute Gasteiger partial charge is 0.383 e. The molecular weight excluding hydrogens is 520 g/mol. The zero-order valence-electron chi connectivity index (χ0n) is 20.4. The van der Waals surface area contributed by atoms with Crippen molar-refractivity contribution < 1.29 is 9.53 Å². The fraction of sp³-hybridized carbons (Fsp3) is 0.250. The number of anilines is 1. The second-order valence-corrected chi connectivity index (χ2v) is 9.31. The molecule has 7 nitrogen and oxygen atoms in total. The van der Waals surface area contributed by atoms with E-state index >= 15 is 0 Å². The van der Waals surface area contributed by atoms with E-state index in [0.717, 1.165) is 10.0 Å². The van der Waals surface area contributed by atoms with Gasteiger partial charge >= 0.3 is 6.03 Å². The van der Waals surface area contributed by atoms with Crippen molar-refractivity contribution in [3.05, 3.63) is 105 Å². The van der Waals surface area contributed by atoms with Gasteiger partial charge in [-0.15, -0.1) is 0 Å². The number of aromatic nitrogens is 2. The lowest BCUT2D eigenvalue weighted by Gasteiger charge is -2.31. The van der Waals surface area contributed by atoms with Crippen LogP contribution in [0.25, 0.3) is 10.9 Å². The molecule has 1 heterocycles. The Labute approximate surface area is 218 Å². The van der Waals surface area contributed by atoms with Crippen LogP contribution in [0.2, 0.25) is 0 Å². The smallest absolute Gasteiger partial charge is 0.322 e. The zero-order chi connectivity index (χ0) is 25.5. The molecule has 0 saturated heterocycles. The monoisotopic (exact) mass is 548 g/mol. The van der Waals surface area contributed by atoms with Gasteiger partial charge in [0.2, 0.25) is 0 Å². The van der Waals surface area contributed by atoms with Crippen LogP contribution in [0.5, 0.6) is 0 Å². The van der Waals surface area contributed by atoms with Crippen molar-refractivity contribution in [2.45, 2.75) is 25.9 Å². The van der Waals surface area contributed by atoms with E-state index in [0.29, 0.717) is 48.5 Å². The van der Waals surface area contributed by atoms with Gasteiger partial charge in [0.15, 0.2) is 0 Å². The summed E-state index contributed by atoms with van der Waals surface area (Å²) in [5.74, 6) is 0.520. The van der Waals surface area contributed by atoms with Gasteiger partial charge in [0.05, 0.1) is 35.8 Å². The van der Waals surface area contributed by atoms with Crippen LogP contribution in [0.3, 0.4) is 0 Å². The average Bonchev–Trinajstić information content (AvgIpc) is 2.90. The molecule has 1 atom stereocenters. The summed E-state index contributed by atoms with van der Waals surface area (Å²) in [6.07, 6.45) is 0.657. The molecule has 1 unspecified atom stereocenters. The number of rotatable bonds is 9. The third kappa shape index (κ3) is 5.83. The molecule has 8 heteroatoms. The number of methoxy groups -OCH3 is 1. The summed E-state index contributed by atoms with van der Waals surface area (Å²) in [5.41, 5.74) is 2.25. The summed E-state index contributed by atoms with van der Waals surface area (Å²) in [7, 11) is 1.60. The quantitative estimate of drug-likeness (QED) is 0.293. The van der Waals surface area contributed by atoms with Crippen LogP contribution in [0.4, 0.5) is 10.5 Å². The van der Waals surface area contributed by atoms with Crippen molar-refractivity contribution in [3.63, 3.8) is 0 Å². The number of carbonyl (C=O) groups excluding carboxylic acids is 1. The molecule has 1 N–H and O–H groups in total. The normalized spacial score (nSPS) is 11.9. The van der Waals surface area contributed by atoms with Gasteiger partial charge in [0.25, 0.3) is 5.56 Å². The topological polar surface area (TPSA) is 76.5 Å². The van der Waals surface area contributed by atoms with Crippen LogP contribution < -0.4 is 10.9 Å². The number of benzene rings is 3. The number of nitrogens with zero attached hydrogens (tertiary/aromatic N) is 3. The minimum Gasteiger partial charge on any atom is -0.383 e. The molecule has 1 aromatic heterocycles. The average molecular weight is 549 g/mol. The minimum absolute atomic E-state index is 0.145. The van der Waals surface area contributed by atoms with Crippen molar-refractivity contribution in [3.8, 4) is 0 Å². The predicted octanol–water partition coefficient (Wildman–Crippen LogP) is 5.64. The standard InChI is InChI=1S/C28H29BrN4O3/c1-20(26-30-24-14-8-6-12-22(24)27(34)33(26)18-19-36-2)32(17-16-21-10-4-3-5-11-21)28(35)31-25-15-9-7-13-23(25)29/h3-15,20H,16-19H2,1-2H3,(H,31,35). The Kier molecular flexibility index (Phi) is 8.51. The SMILES string of the molecule is COCCn1c(C(C)N(CCc2ccccc2)C(=O)Nc2ccccc2Br)nc2ccccc2c1=O. The third-order valence-electron chi connectivity index (χ3n) is 6.11. The number of hydrogen-bond acceptors (Lipinski definition) is 4. The Morgan fingerprint density at radius 2 is 1.75 bits per heavy atom. The van der Waals surface area contributed by atoms with E-state index in [1.54, 1.807) is 22.6 Å².